The second kappa shape index (κ2) is 6.99. The van der Waals surface area contributed by atoms with Crippen LogP contribution in [0.3, 0.4) is 0 Å². The fourth-order valence-corrected chi connectivity index (χ4v) is 5.29. The van der Waals surface area contributed by atoms with Crippen LogP contribution in [0.1, 0.15) is 49.4 Å². The Labute approximate surface area is 155 Å². The summed E-state index contributed by atoms with van der Waals surface area (Å²) in [7, 11) is -3.17. The summed E-state index contributed by atoms with van der Waals surface area (Å²) >= 11 is 0. The largest absolute Gasteiger partial charge is 0.251 e. The van der Waals surface area contributed by atoms with Crippen LogP contribution in [0, 0.1) is 0 Å². The number of hydrogen-bond acceptors (Lipinski definition) is 4. The SMILES string of the molecule is C/C(=C\c1ccc2c(c1)C(C)(C)CCS2(=O)=O)c1ccc(COO)cc1. The predicted octanol–water partition coefficient (Wildman–Crippen LogP) is 4.69. The van der Waals surface area contributed by atoms with E-state index in [1.54, 1.807) is 6.07 Å². The van der Waals surface area contributed by atoms with Gasteiger partial charge in [0.2, 0.25) is 0 Å². The van der Waals surface area contributed by atoms with Gasteiger partial charge in [-0.1, -0.05) is 50.3 Å². The standard InChI is InChI=1S/C21H24O4S/c1-15(18-7-4-16(5-8-18)14-25-22)12-17-6-9-20-19(13-17)21(2,3)10-11-26(20,23)24/h4-9,12-13,22H,10-11,14H2,1-3H3/b15-12+. The van der Waals surface area contributed by atoms with Crippen molar-refractivity contribution in [1.82, 2.24) is 0 Å². The molecular formula is C21H24O4S. The van der Waals surface area contributed by atoms with Crippen LogP contribution in [0.2, 0.25) is 0 Å². The van der Waals surface area contributed by atoms with Gasteiger partial charge in [0.15, 0.2) is 9.84 Å². The minimum atomic E-state index is -3.17. The van der Waals surface area contributed by atoms with Crippen LogP contribution in [-0.4, -0.2) is 19.4 Å². The highest BCUT2D eigenvalue weighted by Crippen LogP contribution is 2.39. The number of hydrogen-bond donors (Lipinski definition) is 1. The molecule has 0 aliphatic carbocycles. The van der Waals surface area contributed by atoms with E-state index in [9.17, 15) is 8.42 Å². The quantitative estimate of drug-likeness (QED) is 0.480. The van der Waals surface area contributed by atoms with Crippen molar-refractivity contribution in [2.75, 3.05) is 5.75 Å². The van der Waals surface area contributed by atoms with E-state index in [1.165, 1.54) is 0 Å². The Morgan fingerprint density at radius 3 is 2.54 bits per heavy atom. The van der Waals surface area contributed by atoms with Crippen LogP contribution in [0.25, 0.3) is 11.6 Å². The maximum atomic E-state index is 12.4. The van der Waals surface area contributed by atoms with Gasteiger partial charge >= 0.3 is 0 Å². The first-order valence-corrected chi connectivity index (χ1v) is 10.3. The predicted molar refractivity (Wildman–Crippen MR) is 104 cm³/mol. The molecule has 2 aromatic rings. The lowest BCUT2D eigenvalue weighted by Crippen LogP contribution is -2.30. The highest BCUT2D eigenvalue weighted by molar-refractivity contribution is 7.91. The molecule has 0 amide bonds. The molecule has 0 saturated carbocycles. The summed E-state index contributed by atoms with van der Waals surface area (Å²) in [6.45, 7) is 6.39. The minimum Gasteiger partial charge on any atom is -0.251 e. The summed E-state index contributed by atoms with van der Waals surface area (Å²) < 4.78 is 24.7. The summed E-state index contributed by atoms with van der Waals surface area (Å²) in [5, 5.41) is 8.51. The molecule has 2 aromatic carbocycles. The molecule has 0 unspecified atom stereocenters. The van der Waals surface area contributed by atoms with Crippen LogP contribution in [0.15, 0.2) is 47.4 Å². The molecule has 1 N–H and O–H groups in total. The van der Waals surface area contributed by atoms with Crippen molar-refractivity contribution < 1.29 is 18.6 Å². The second-order valence-corrected chi connectivity index (χ2v) is 9.58. The summed E-state index contributed by atoms with van der Waals surface area (Å²) in [5.41, 5.74) is 4.79. The van der Waals surface area contributed by atoms with E-state index in [4.69, 9.17) is 5.26 Å². The highest BCUT2D eigenvalue weighted by atomic mass is 32.2. The van der Waals surface area contributed by atoms with Crippen molar-refractivity contribution in [3.8, 4) is 0 Å². The molecule has 26 heavy (non-hydrogen) atoms. The molecule has 0 atom stereocenters. The average Bonchev–Trinajstić information content (AvgIpc) is 2.60. The van der Waals surface area contributed by atoms with Gasteiger partial charge < -0.3 is 0 Å². The third-order valence-corrected chi connectivity index (χ3v) is 6.85. The summed E-state index contributed by atoms with van der Waals surface area (Å²) in [5.74, 6) is 0.213. The first kappa shape index (κ1) is 18.8. The van der Waals surface area contributed by atoms with Crippen molar-refractivity contribution in [3.05, 3.63) is 64.7 Å². The molecule has 0 radical (unpaired) electrons. The van der Waals surface area contributed by atoms with Gasteiger partial charge in [-0.3, -0.25) is 5.26 Å². The molecule has 1 aliphatic heterocycles. The first-order valence-electron chi connectivity index (χ1n) is 8.64. The van der Waals surface area contributed by atoms with E-state index in [-0.39, 0.29) is 17.8 Å². The third kappa shape index (κ3) is 3.75. The van der Waals surface area contributed by atoms with E-state index in [1.807, 2.05) is 43.3 Å². The van der Waals surface area contributed by atoms with Gasteiger partial charge in [-0.25, -0.2) is 13.3 Å². The zero-order valence-electron chi connectivity index (χ0n) is 15.3. The van der Waals surface area contributed by atoms with E-state index in [2.05, 4.69) is 24.8 Å². The van der Waals surface area contributed by atoms with Crippen molar-refractivity contribution in [1.29, 1.82) is 0 Å². The zero-order valence-corrected chi connectivity index (χ0v) is 16.1. The Kier molecular flexibility index (Phi) is 5.06. The topological polar surface area (TPSA) is 63.6 Å². The fraction of sp³-hybridized carbons (Fsp3) is 0.333. The van der Waals surface area contributed by atoms with Gasteiger partial charge in [0.25, 0.3) is 0 Å². The molecule has 0 spiro atoms. The maximum absolute atomic E-state index is 12.4. The molecule has 0 fully saturated rings. The second-order valence-electron chi connectivity index (χ2n) is 7.51. The number of benzene rings is 2. The van der Waals surface area contributed by atoms with Crippen LogP contribution < -0.4 is 0 Å². The van der Waals surface area contributed by atoms with Gasteiger partial charge in [-0.2, -0.15) is 0 Å². The van der Waals surface area contributed by atoms with E-state index < -0.39 is 9.84 Å². The summed E-state index contributed by atoms with van der Waals surface area (Å²) in [4.78, 5) is 4.62. The summed E-state index contributed by atoms with van der Waals surface area (Å²) in [6, 6.07) is 13.4. The molecule has 3 rings (SSSR count). The molecule has 0 bridgehead atoms. The first-order chi connectivity index (χ1) is 12.2. The number of rotatable bonds is 4. The van der Waals surface area contributed by atoms with Crippen molar-refractivity contribution >= 4 is 21.5 Å². The number of fused-ring (bicyclic) bond motifs is 1. The highest BCUT2D eigenvalue weighted by Gasteiger charge is 2.35. The lowest BCUT2D eigenvalue weighted by Gasteiger charge is -2.32. The minimum absolute atomic E-state index is 0.148. The lowest BCUT2D eigenvalue weighted by atomic mass is 9.81. The van der Waals surface area contributed by atoms with Gasteiger partial charge in [-0.05, 0) is 58.7 Å². The van der Waals surface area contributed by atoms with Crippen LogP contribution in [0.4, 0.5) is 0 Å². The van der Waals surface area contributed by atoms with E-state index in [0.717, 1.165) is 27.8 Å². The van der Waals surface area contributed by atoms with Gasteiger partial charge in [0.1, 0.15) is 6.61 Å². The Bertz CT molecular complexity index is 938. The average molecular weight is 372 g/mol. The molecule has 5 heteroatoms. The molecule has 0 aromatic heterocycles. The normalized spacial score (nSPS) is 18.4. The molecule has 0 saturated heterocycles. The molecule has 1 heterocycles. The lowest BCUT2D eigenvalue weighted by molar-refractivity contribution is -0.253. The van der Waals surface area contributed by atoms with E-state index in [0.29, 0.717) is 11.3 Å². The van der Waals surface area contributed by atoms with Gasteiger partial charge in [0, 0.05) is 0 Å². The van der Waals surface area contributed by atoms with Crippen molar-refractivity contribution in [3.63, 3.8) is 0 Å². The Balaban J connectivity index is 1.96. The Morgan fingerprint density at radius 1 is 1.19 bits per heavy atom. The van der Waals surface area contributed by atoms with E-state index >= 15 is 0 Å². The maximum Gasteiger partial charge on any atom is 0.178 e. The zero-order chi connectivity index (χ0) is 18.9. The van der Waals surface area contributed by atoms with Crippen molar-refractivity contribution in [2.24, 2.45) is 0 Å². The molecule has 4 nitrogen and oxygen atoms in total. The molecule has 1 aliphatic rings. The third-order valence-electron chi connectivity index (χ3n) is 5.09. The smallest absolute Gasteiger partial charge is 0.178 e. The summed E-state index contributed by atoms with van der Waals surface area (Å²) in [6.07, 6.45) is 2.71. The number of allylic oxidation sites excluding steroid dienone is 1. The van der Waals surface area contributed by atoms with Crippen molar-refractivity contribution in [2.45, 2.75) is 44.1 Å². The van der Waals surface area contributed by atoms with Crippen LogP contribution in [0.5, 0.6) is 0 Å². The Hall–Kier alpha value is -1.95. The Morgan fingerprint density at radius 2 is 1.88 bits per heavy atom. The number of sulfone groups is 1. The molecule has 138 valence electrons. The monoisotopic (exact) mass is 372 g/mol. The molecular weight excluding hydrogens is 348 g/mol. The van der Waals surface area contributed by atoms with Crippen LogP contribution >= 0.6 is 0 Å². The van der Waals surface area contributed by atoms with Gasteiger partial charge in [0.05, 0.1) is 10.6 Å². The van der Waals surface area contributed by atoms with Crippen LogP contribution in [-0.2, 0) is 26.7 Å². The fourth-order valence-electron chi connectivity index (χ4n) is 3.34. The van der Waals surface area contributed by atoms with Gasteiger partial charge in [-0.15, -0.1) is 0 Å².